The molecular weight excluding hydrogens is 274 g/mol. The van der Waals surface area contributed by atoms with Crippen molar-refractivity contribution >= 4 is 11.6 Å². The molecule has 5 heteroatoms. The first-order chi connectivity index (χ1) is 9.63. The van der Waals surface area contributed by atoms with Gasteiger partial charge < -0.3 is 9.73 Å². The molecule has 4 nitrogen and oxygen atoms in total. The maximum atomic E-state index is 5.96. The lowest BCUT2D eigenvalue weighted by Crippen LogP contribution is -2.23. The van der Waals surface area contributed by atoms with E-state index in [1.807, 2.05) is 12.1 Å². The van der Waals surface area contributed by atoms with Gasteiger partial charge in [-0.1, -0.05) is 30.7 Å². The SMILES string of the molecule is Cc1nnc(CNC(c2ccc(Cl)cc2)C2CC2C)o1. The van der Waals surface area contributed by atoms with E-state index in [1.165, 1.54) is 12.0 Å². The van der Waals surface area contributed by atoms with E-state index in [1.54, 1.807) is 6.92 Å². The minimum Gasteiger partial charge on any atom is -0.424 e. The van der Waals surface area contributed by atoms with Crippen molar-refractivity contribution in [3.8, 4) is 0 Å². The second kappa shape index (κ2) is 5.54. The topological polar surface area (TPSA) is 51.0 Å². The van der Waals surface area contributed by atoms with Crippen LogP contribution in [0.2, 0.25) is 5.02 Å². The summed E-state index contributed by atoms with van der Waals surface area (Å²) in [6, 6.07) is 8.37. The molecule has 20 heavy (non-hydrogen) atoms. The molecular formula is C15H18ClN3O. The number of benzene rings is 1. The number of halogens is 1. The number of nitrogens with one attached hydrogen (secondary N) is 1. The number of rotatable bonds is 5. The standard InChI is InChI=1S/C15H18ClN3O/c1-9-7-13(9)15(11-3-5-12(16)6-4-11)17-8-14-19-18-10(2)20-14/h3-6,9,13,15,17H,7-8H2,1-2H3. The van der Waals surface area contributed by atoms with Crippen LogP contribution >= 0.6 is 11.6 Å². The Hall–Kier alpha value is -1.39. The van der Waals surface area contributed by atoms with Crippen molar-refractivity contribution in [2.24, 2.45) is 11.8 Å². The number of hydrogen-bond donors (Lipinski definition) is 1. The lowest BCUT2D eigenvalue weighted by Gasteiger charge is -2.18. The van der Waals surface area contributed by atoms with E-state index in [-0.39, 0.29) is 0 Å². The second-order valence-corrected chi connectivity index (χ2v) is 5.94. The molecule has 0 spiro atoms. The maximum Gasteiger partial charge on any atom is 0.230 e. The third-order valence-electron chi connectivity index (χ3n) is 3.87. The predicted octanol–water partition coefficient (Wildman–Crippen LogP) is 3.52. The van der Waals surface area contributed by atoms with Crippen molar-refractivity contribution in [3.05, 3.63) is 46.6 Å². The fourth-order valence-electron chi connectivity index (χ4n) is 2.61. The molecule has 0 radical (unpaired) electrons. The van der Waals surface area contributed by atoms with Gasteiger partial charge in [0.25, 0.3) is 0 Å². The number of hydrogen-bond acceptors (Lipinski definition) is 4. The Bertz CT molecular complexity index is 581. The van der Waals surface area contributed by atoms with E-state index in [2.05, 4.69) is 34.6 Å². The third kappa shape index (κ3) is 3.02. The molecule has 1 fully saturated rings. The highest BCUT2D eigenvalue weighted by Gasteiger charge is 2.40. The van der Waals surface area contributed by atoms with E-state index in [4.69, 9.17) is 16.0 Å². The monoisotopic (exact) mass is 291 g/mol. The fourth-order valence-corrected chi connectivity index (χ4v) is 2.73. The first-order valence-corrected chi connectivity index (χ1v) is 7.29. The summed E-state index contributed by atoms with van der Waals surface area (Å²) >= 11 is 5.96. The summed E-state index contributed by atoms with van der Waals surface area (Å²) in [6.07, 6.45) is 1.25. The van der Waals surface area contributed by atoms with Crippen LogP contribution in [0.4, 0.5) is 0 Å². The Morgan fingerprint density at radius 3 is 2.60 bits per heavy atom. The molecule has 1 aliphatic rings. The van der Waals surface area contributed by atoms with Crippen molar-refractivity contribution in [2.75, 3.05) is 0 Å². The number of aromatic nitrogens is 2. The van der Waals surface area contributed by atoms with Crippen LogP contribution in [0.25, 0.3) is 0 Å². The van der Waals surface area contributed by atoms with Gasteiger partial charge in [-0.25, -0.2) is 0 Å². The Kier molecular flexibility index (Phi) is 3.76. The number of nitrogens with zero attached hydrogens (tertiary/aromatic N) is 2. The first-order valence-electron chi connectivity index (χ1n) is 6.91. The highest BCUT2D eigenvalue weighted by molar-refractivity contribution is 6.30. The van der Waals surface area contributed by atoms with Crippen molar-refractivity contribution in [2.45, 2.75) is 32.9 Å². The molecule has 1 aliphatic carbocycles. The smallest absolute Gasteiger partial charge is 0.230 e. The average Bonchev–Trinajstić information content (AvgIpc) is 2.99. The molecule has 1 aromatic carbocycles. The Labute approximate surface area is 123 Å². The molecule has 2 aromatic rings. The highest BCUT2D eigenvalue weighted by Crippen LogP contribution is 2.47. The van der Waals surface area contributed by atoms with Gasteiger partial charge in [-0.15, -0.1) is 10.2 Å². The molecule has 3 unspecified atom stereocenters. The zero-order valence-corrected chi connectivity index (χ0v) is 12.4. The second-order valence-electron chi connectivity index (χ2n) is 5.50. The molecule has 3 rings (SSSR count). The van der Waals surface area contributed by atoms with Gasteiger partial charge in [0.15, 0.2) is 0 Å². The van der Waals surface area contributed by atoms with Crippen LogP contribution in [0.1, 0.15) is 36.7 Å². The van der Waals surface area contributed by atoms with E-state index in [0.717, 1.165) is 10.9 Å². The molecule has 0 bridgehead atoms. The third-order valence-corrected chi connectivity index (χ3v) is 4.12. The van der Waals surface area contributed by atoms with Gasteiger partial charge in [0.1, 0.15) is 0 Å². The van der Waals surface area contributed by atoms with Gasteiger partial charge in [-0.3, -0.25) is 0 Å². The minimum absolute atomic E-state index is 0.314. The Morgan fingerprint density at radius 2 is 2.05 bits per heavy atom. The maximum absolute atomic E-state index is 5.96. The largest absolute Gasteiger partial charge is 0.424 e. The zero-order valence-electron chi connectivity index (χ0n) is 11.6. The summed E-state index contributed by atoms with van der Waals surface area (Å²) in [5, 5.41) is 12.2. The van der Waals surface area contributed by atoms with E-state index >= 15 is 0 Å². The fraction of sp³-hybridized carbons (Fsp3) is 0.467. The minimum atomic E-state index is 0.314. The van der Waals surface area contributed by atoms with Crippen LogP contribution in [0.3, 0.4) is 0 Å². The van der Waals surface area contributed by atoms with Crippen LogP contribution in [-0.4, -0.2) is 10.2 Å². The molecule has 0 amide bonds. The van der Waals surface area contributed by atoms with Gasteiger partial charge in [0.2, 0.25) is 11.8 Å². The summed E-state index contributed by atoms with van der Waals surface area (Å²) in [7, 11) is 0. The van der Waals surface area contributed by atoms with Gasteiger partial charge in [0, 0.05) is 18.0 Å². The Balaban J connectivity index is 1.71. The summed E-state index contributed by atoms with van der Waals surface area (Å²) in [5.74, 6) is 2.66. The summed E-state index contributed by atoms with van der Waals surface area (Å²) in [4.78, 5) is 0. The van der Waals surface area contributed by atoms with E-state index in [9.17, 15) is 0 Å². The normalized spacial score (nSPS) is 22.8. The van der Waals surface area contributed by atoms with Crippen LogP contribution in [-0.2, 0) is 6.54 Å². The molecule has 1 N–H and O–H groups in total. The molecule has 0 saturated heterocycles. The van der Waals surface area contributed by atoms with E-state index < -0.39 is 0 Å². The molecule has 0 aliphatic heterocycles. The summed E-state index contributed by atoms with van der Waals surface area (Å²) in [5.41, 5.74) is 1.26. The van der Waals surface area contributed by atoms with Crippen LogP contribution in [0, 0.1) is 18.8 Å². The average molecular weight is 292 g/mol. The molecule has 1 aromatic heterocycles. The van der Waals surface area contributed by atoms with Crippen molar-refractivity contribution in [3.63, 3.8) is 0 Å². The van der Waals surface area contributed by atoms with Gasteiger partial charge in [-0.05, 0) is 36.0 Å². The molecule has 1 saturated carbocycles. The lowest BCUT2D eigenvalue weighted by molar-refractivity contribution is 0.399. The summed E-state index contributed by atoms with van der Waals surface area (Å²) in [6.45, 7) is 4.68. The first kappa shape index (κ1) is 13.6. The molecule has 1 heterocycles. The molecule has 106 valence electrons. The lowest BCUT2D eigenvalue weighted by atomic mass is 10.0. The van der Waals surface area contributed by atoms with Gasteiger partial charge in [-0.2, -0.15) is 0 Å². The van der Waals surface area contributed by atoms with Crippen molar-refractivity contribution < 1.29 is 4.42 Å². The van der Waals surface area contributed by atoms with Gasteiger partial charge >= 0.3 is 0 Å². The van der Waals surface area contributed by atoms with E-state index in [0.29, 0.717) is 30.3 Å². The van der Waals surface area contributed by atoms with Gasteiger partial charge in [0.05, 0.1) is 6.54 Å². The van der Waals surface area contributed by atoms with Crippen molar-refractivity contribution in [1.29, 1.82) is 0 Å². The molecule has 3 atom stereocenters. The predicted molar refractivity (Wildman–Crippen MR) is 77.3 cm³/mol. The summed E-state index contributed by atoms with van der Waals surface area (Å²) < 4.78 is 5.41. The zero-order chi connectivity index (χ0) is 14.1. The Morgan fingerprint density at radius 1 is 1.35 bits per heavy atom. The highest BCUT2D eigenvalue weighted by atomic mass is 35.5. The van der Waals surface area contributed by atoms with Crippen LogP contribution in [0.15, 0.2) is 28.7 Å². The van der Waals surface area contributed by atoms with Crippen molar-refractivity contribution in [1.82, 2.24) is 15.5 Å². The van der Waals surface area contributed by atoms with Crippen LogP contribution in [0.5, 0.6) is 0 Å². The number of aryl methyl sites for hydroxylation is 1. The van der Waals surface area contributed by atoms with Crippen LogP contribution < -0.4 is 5.32 Å². The quantitative estimate of drug-likeness (QED) is 0.916.